The van der Waals surface area contributed by atoms with Crippen molar-refractivity contribution in [3.05, 3.63) is 64.7 Å². The molecule has 0 aliphatic carbocycles. The first kappa shape index (κ1) is 33.7. The van der Waals surface area contributed by atoms with E-state index in [0.29, 0.717) is 25.9 Å². The number of hydrogen-bond donors (Lipinski definition) is 1. The standard InChI is InChI=1S/C32H43F3N4O4/c1-22(2)18-28(40)38-15-14-25-23(20-38)11-9-13-27(25)36-19-29(41)39(17-16-37(6)30(42)43-31(3,4)5)21-24-10-7-8-12-26(24)32(33,34)35/h7-13,22,36H,14-21H2,1-6H3. The van der Waals surface area contributed by atoms with Crippen LogP contribution in [0.2, 0.25) is 0 Å². The highest BCUT2D eigenvalue weighted by molar-refractivity contribution is 5.82. The second kappa shape index (κ2) is 14.1. The van der Waals surface area contributed by atoms with E-state index in [1.54, 1.807) is 20.8 Å². The molecule has 0 radical (unpaired) electrons. The highest BCUT2D eigenvalue weighted by Crippen LogP contribution is 2.32. The Kier molecular flexibility index (Phi) is 11.1. The Labute approximate surface area is 252 Å². The number of alkyl halides is 3. The zero-order chi connectivity index (χ0) is 31.9. The maximum absolute atomic E-state index is 13.7. The first-order chi connectivity index (χ1) is 20.0. The first-order valence-electron chi connectivity index (χ1n) is 14.5. The average molecular weight is 605 g/mol. The number of nitrogens with zero attached hydrogens (tertiary/aromatic N) is 3. The fraction of sp³-hybridized carbons (Fsp3) is 0.531. The van der Waals surface area contributed by atoms with Crippen LogP contribution in [0.25, 0.3) is 0 Å². The highest BCUT2D eigenvalue weighted by atomic mass is 19.4. The van der Waals surface area contributed by atoms with Gasteiger partial charge in [0.05, 0.1) is 12.1 Å². The summed E-state index contributed by atoms with van der Waals surface area (Å²) in [5.74, 6) is -0.0417. The fourth-order valence-corrected chi connectivity index (χ4v) is 4.88. The van der Waals surface area contributed by atoms with Crippen LogP contribution in [0, 0.1) is 5.92 Å². The van der Waals surface area contributed by atoms with Crippen LogP contribution in [0.5, 0.6) is 0 Å². The van der Waals surface area contributed by atoms with Gasteiger partial charge in [-0.25, -0.2) is 4.79 Å². The van der Waals surface area contributed by atoms with E-state index in [4.69, 9.17) is 4.74 Å². The lowest BCUT2D eigenvalue weighted by molar-refractivity contribution is -0.139. The van der Waals surface area contributed by atoms with Crippen molar-refractivity contribution in [1.29, 1.82) is 0 Å². The third-order valence-corrected chi connectivity index (χ3v) is 7.08. The third kappa shape index (κ3) is 9.90. The molecule has 0 unspecified atom stereocenters. The number of amides is 3. The van der Waals surface area contributed by atoms with E-state index >= 15 is 0 Å². The quantitative estimate of drug-likeness (QED) is 0.363. The van der Waals surface area contributed by atoms with Gasteiger partial charge >= 0.3 is 12.3 Å². The summed E-state index contributed by atoms with van der Waals surface area (Å²) in [6, 6.07) is 10.8. The molecule has 1 aliphatic heterocycles. The predicted octanol–water partition coefficient (Wildman–Crippen LogP) is 5.94. The average Bonchev–Trinajstić information content (AvgIpc) is 2.91. The number of hydrogen-bond acceptors (Lipinski definition) is 5. The van der Waals surface area contributed by atoms with E-state index in [9.17, 15) is 27.6 Å². The Hall–Kier alpha value is -3.76. The molecule has 3 rings (SSSR count). The molecule has 1 aliphatic rings. The Morgan fingerprint density at radius 2 is 1.72 bits per heavy atom. The predicted molar refractivity (Wildman–Crippen MR) is 159 cm³/mol. The van der Waals surface area contributed by atoms with Crippen molar-refractivity contribution < 1.29 is 32.3 Å². The molecule has 0 spiro atoms. The van der Waals surface area contributed by atoms with Gasteiger partial charge in [0, 0.05) is 51.9 Å². The maximum Gasteiger partial charge on any atom is 0.416 e. The smallest absolute Gasteiger partial charge is 0.416 e. The summed E-state index contributed by atoms with van der Waals surface area (Å²) in [4.78, 5) is 43.0. The molecular formula is C32H43F3N4O4. The summed E-state index contributed by atoms with van der Waals surface area (Å²) < 4.78 is 46.6. The van der Waals surface area contributed by atoms with Crippen LogP contribution in [0.15, 0.2) is 42.5 Å². The molecule has 1 heterocycles. The van der Waals surface area contributed by atoms with Crippen molar-refractivity contribution in [2.45, 2.75) is 72.3 Å². The number of carbonyl (C=O) groups is 3. The van der Waals surface area contributed by atoms with Gasteiger partial charge in [-0.3, -0.25) is 9.59 Å². The van der Waals surface area contributed by atoms with Crippen LogP contribution >= 0.6 is 0 Å². The normalized spacial score (nSPS) is 13.4. The molecular weight excluding hydrogens is 561 g/mol. The Bertz CT molecular complexity index is 1290. The molecule has 1 N–H and O–H groups in total. The lowest BCUT2D eigenvalue weighted by atomic mass is 9.97. The van der Waals surface area contributed by atoms with Crippen molar-refractivity contribution in [3.63, 3.8) is 0 Å². The highest BCUT2D eigenvalue weighted by Gasteiger charge is 2.34. The molecule has 2 aromatic rings. The summed E-state index contributed by atoms with van der Waals surface area (Å²) in [6.45, 7) is 9.91. The molecule has 0 atom stereocenters. The van der Waals surface area contributed by atoms with Gasteiger partial charge in [-0.15, -0.1) is 0 Å². The number of ether oxygens (including phenoxy) is 1. The molecule has 43 heavy (non-hydrogen) atoms. The number of fused-ring (bicyclic) bond motifs is 1. The van der Waals surface area contributed by atoms with Gasteiger partial charge in [0.2, 0.25) is 11.8 Å². The summed E-state index contributed by atoms with van der Waals surface area (Å²) in [5, 5.41) is 3.18. The number of carbonyl (C=O) groups excluding carboxylic acids is 3. The minimum Gasteiger partial charge on any atom is -0.444 e. The van der Waals surface area contributed by atoms with Crippen LogP contribution < -0.4 is 5.32 Å². The van der Waals surface area contributed by atoms with E-state index in [1.807, 2.05) is 36.9 Å². The van der Waals surface area contributed by atoms with Crippen molar-refractivity contribution in [3.8, 4) is 0 Å². The summed E-state index contributed by atoms with van der Waals surface area (Å²) in [6.07, 6.45) is -4.06. The molecule has 236 valence electrons. The summed E-state index contributed by atoms with van der Waals surface area (Å²) in [7, 11) is 1.52. The molecule has 11 heteroatoms. The lowest BCUT2D eigenvalue weighted by Crippen LogP contribution is -2.43. The van der Waals surface area contributed by atoms with Crippen LogP contribution in [0.4, 0.5) is 23.7 Å². The summed E-state index contributed by atoms with van der Waals surface area (Å²) in [5.41, 5.74) is 1.20. The molecule has 3 amide bonds. The second-order valence-electron chi connectivity index (χ2n) is 12.3. The first-order valence-corrected chi connectivity index (χ1v) is 14.5. The SMILES string of the molecule is CC(C)CC(=O)N1CCc2c(cccc2NCC(=O)N(CCN(C)C(=O)OC(C)(C)C)Cc2ccccc2C(F)(F)F)C1. The van der Waals surface area contributed by atoms with Crippen LogP contribution in [0.3, 0.4) is 0 Å². The molecule has 0 saturated carbocycles. The van der Waals surface area contributed by atoms with Crippen molar-refractivity contribution in [1.82, 2.24) is 14.7 Å². The largest absolute Gasteiger partial charge is 0.444 e. The van der Waals surface area contributed by atoms with Crippen LogP contribution in [-0.2, 0) is 40.0 Å². The third-order valence-electron chi connectivity index (χ3n) is 7.08. The molecule has 0 aromatic heterocycles. The minimum atomic E-state index is -4.58. The zero-order valence-electron chi connectivity index (χ0n) is 25.9. The fourth-order valence-electron chi connectivity index (χ4n) is 4.88. The van der Waals surface area contributed by atoms with Gasteiger partial charge in [0.1, 0.15) is 5.60 Å². The number of anilines is 1. The van der Waals surface area contributed by atoms with E-state index in [0.717, 1.165) is 22.9 Å². The Morgan fingerprint density at radius 3 is 2.37 bits per heavy atom. The topological polar surface area (TPSA) is 82.2 Å². The number of benzene rings is 2. The van der Waals surface area contributed by atoms with Crippen molar-refractivity contribution in [2.75, 3.05) is 38.5 Å². The monoisotopic (exact) mass is 604 g/mol. The summed E-state index contributed by atoms with van der Waals surface area (Å²) >= 11 is 0. The Balaban J connectivity index is 1.76. The van der Waals surface area contributed by atoms with Gasteiger partial charge in [-0.2, -0.15) is 13.2 Å². The van der Waals surface area contributed by atoms with Gasteiger partial charge < -0.3 is 24.8 Å². The molecule has 0 bridgehead atoms. The van der Waals surface area contributed by atoms with Crippen LogP contribution in [-0.4, -0.2) is 71.4 Å². The number of rotatable bonds is 10. The molecule has 8 nitrogen and oxygen atoms in total. The van der Waals surface area contributed by atoms with Gasteiger partial charge in [-0.1, -0.05) is 44.2 Å². The zero-order valence-corrected chi connectivity index (χ0v) is 25.9. The lowest BCUT2D eigenvalue weighted by Gasteiger charge is -2.31. The number of likely N-dealkylation sites (N-methyl/N-ethyl adjacent to an activating group) is 1. The second-order valence-corrected chi connectivity index (χ2v) is 12.3. The number of halogens is 3. The van der Waals surface area contributed by atoms with E-state index in [2.05, 4.69) is 5.32 Å². The van der Waals surface area contributed by atoms with E-state index in [1.165, 1.54) is 35.0 Å². The van der Waals surface area contributed by atoms with Gasteiger partial charge in [0.15, 0.2) is 0 Å². The van der Waals surface area contributed by atoms with Crippen LogP contribution in [0.1, 0.15) is 63.3 Å². The van der Waals surface area contributed by atoms with Gasteiger partial charge in [-0.05, 0) is 61.9 Å². The van der Waals surface area contributed by atoms with E-state index < -0.39 is 29.3 Å². The van der Waals surface area contributed by atoms with Gasteiger partial charge in [0.25, 0.3) is 0 Å². The minimum absolute atomic E-state index is 0.00225. The maximum atomic E-state index is 13.7. The Morgan fingerprint density at radius 1 is 1.02 bits per heavy atom. The molecule has 0 saturated heterocycles. The molecule has 2 aromatic carbocycles. The number of nitrogens with one attached hydrogen (secondary N) is 1. The van der Waals surface area contributed by atoms with Crippen molar-refractivity contribution >= 4 is 23.6 Å². The molecule has 0 fully saturated rings. The van der Waals surface area contributed by atoms with E-state index in [-0.39, 0.29) is 43.6 Å². The van der Waals surface area contributed by atoms with Crippen molar-refractivity contribution in [2.24, 2.45) is 5.92 Å².